The smallest absolute Gasteiger partial charge is 0.268 e. The highest BCUT2D eigenvalue weighted by atomic mass is 32.2. The van der Waals surface area contributed by atoms with Crippen LogP contribution in [0.4, 0.5) is 0 Å². The van der Waals surface area contributed by atoms with Gasteiger partial charge in [0.15, 0.2) is 5.78 Å². The first kappa shape index (κ1) is 21.8. The third-order valence-corrected chi connectivity index (χ3v) is 5.81. The Morgan fingerprint density at radius 3 is 2.14 bits per heavy atom. The number of ketones is 1. The number of aromatic nitrogens is 1. The first-order chi connectivity index (χ1) is 13.0. The molecular formula is C20H27N3O4S. The lowest BCUT2D eigenvalue weighted by Gasteiger charge is -2.10. The number of Topliss-reactive ketones (excluding diaryl/α,β-unsaturated/α-hetero) is 1. The summed E-state index contributed by atoms with van der Waals surface area (Å²) in [5.74, 6) is -0.462. The van der Waals surface area contributed by atoms with Crippen molar-refractivity contribution in [3.8, 4) is 0 Å². The Hall–Kier alpha value is -2.45. The predicted octanol–water partition coefficient (Wildman–Crippen LogP) is 2.59. The second-order valence-electron chi connectivity index (χ2n) is 7.21. The second-order valence-corrected chi connectivity index (χ2v) is 8.97. The van der Waals surface area contributed by atoms with Crippen molar-refractivity contribution in [1.29, 1.82) is 0 Å². The Kier molecular flexibility index (Phi) is 6.79. The Morgan fingerprint density at radius 2 is 1.64 bits per heavy atom. The fourth-order valence-corrected chi connectivity index (χ4v) is 4.58. The molecule has 7 nitrogen and oxygen atoms in total. The van der Waals surface area contributed by atoms with Crippen LogP contribution in [0.2, 0.25) is 0 Å². The van der Waals surface area contributed by atoms with Gasteiger partial charge in [0.2, 0.25) is 10.0 Å². The quantitative estimate of drug-likeness (QED) is 0.587. The van der Waals surface area contributed by atoms with Crippen molar-refractivity contribution >= 4 is 21.7 Å². The molecule has 1 heterocycles. The molecule has 2 rings (SSSR count). The number of amides is 1. The molecular weight excluding hydrogens is 378 g/mol. The molecule has 1 aromatic heterocycles. The van der Waals surface area contributed by atoms with E-state index >= 15 is 0 Å². The molecule has 0 saturated carbocycles. The van der Waals surface area contributed by atoms with Gasteiger partial charge in [0.1, 0.15) is 5.69 Å². The van der Waals surface area contributed by atoms with Gasteiger partial charge in [-0.2, -0.15) is 0 Å². The van der Waals surface area contributed by atoms with Gasteiger partial charge in [-0.05, 0) is 51.3 Å². The number of carbonyl (C=O) groups is 2. The van der Waals surface area contributed by atoms with E-state index in [2.05, 4.69) is 15.0 Å². The number of hydrogen-bond donors (Lipinski definition) is 3. The third-order valence-electron chi connectivity index (χ3n) is 4.26. The Morgan fingerprint density at radius 1 is 1.07 bits per heavy atom. The van der Waals surface area contributed by atoms with Crippen molar-refractivity contribution in [1.82, 2.24) is 15.0 Å². The van der Waals surface area contributed by atoms with Gasteiger partial charge in [0.05, 0.1) is 5.75 Å². The summed E-state index contributed by atoms with van der Waals surface area (Å²) in [5.41, 5.74) is 3.76. The molecule has 0 spiro atoms. The fraction of sp³-hybridized carbons (Fsp3) is 0.400. The van der Waals surface area contributed by atoms with E-state index in [1.807, 2.05) is 0 Å². The third kappa shape index (κ3) is 5.53. The van der Waals surface area contributed by atoms with E-state index in [4.69, 9.17) is 0 Å². The van der Waals surface area contributed by atoms with Gasteiger partial charge in [-0.3, -0.25) is 9.59 Å². The zero-order valence-corrected chi connectivity index (χ0v) is 17.7. The number of benzene rings is 1. The molecule has 3 N–H and O–H groups in total. The maximum Gasteiger partial charge on any atom is 0.268 e. The minimum atomic E-state index is -3.37. The van der Waals surface area contributed by atoms with Gasteiger partial charge in [0.25, 0.3) is 5.91 Å². The number of sulfonamides is 1. The highest BCUT2D eigenvalue weighted by molar-refractivity contribution is 7.88. The number of hydrogen-bond acceptors (Lipinski definition) is 4. The minimum absolute atomic E-state index is 0.0807. The van der Waals surface area contributed by atoms with Gasteiger partial charge in [-0.1, -0.05) is 24.3 Å². The van der Waals surface area contributed by atoms with Gasteiger partial charge in [-0.25, -0.2) is 13.1 Å². The molecule has 0 aliphatic rings. The molecule has 8 heteroatoms. The van der Waals surface area contributed by atoms with Crippen LogP contribution in [0.3, 0.4) is 0 Å². The molecule has 0 bridgehead atoms. The largest absolute Gasteiger partial charge is 0.354 e. The van der Waals surface area contributed by atoms with E-state index in [1.54, 1.807) is 52.0 Å². The Balaban J connectivity index is 2.01. The molecule has 0 unspecified atom stereocenters. The number of aryl methyl sites for hydroxylation is 1. The number of rotatable bonds is 8. The maximum absolute atomic E-state index is 12.4. The lowest BCUT2D eigenvalue weighted by molar-refractivity contribution is 0.0945. The summed E-state index contributed by atoms with van der Waals surface area (Å²) < 4.78 is 26.5. The first-order valence-electron chi connectivity index (χ1n) is 9.06. The van der Waals surface area contributed by atoms with Crippen molar-refractivity contribution in [3.05, 3.63) is 57.9 Å². The van der Waals surface area contributed by atoms with Gasteiger partial charge in [0, 0.05) is 23.8 Å². The van der Waals surface area contributed by atoms with Crippen LogP contribution in [-0.2, 0) is 22.3 Å². The van der Waals surface area contributed by atoms with E-state index in [1.165, 1.54) is 6.92 Å². The van der Waals surface area contributed by atoms with Crippen LogP contribution in [0.1, 0.15) is 64.0 Å². The summed E-state index contributed by atoms with van der Waals surface area (Å²) in [4.78, 5) is 27.1. The number of carbonyl (C=O) groups excluding carboxylic acids is 2. The standard InChI is InChI=1S/C20H27N3O4S/c1-12(2)23-28(26,27)11-17-8-6-16(7-9-17)10-21-20(25)19-13(3)18(15(5)24)14(4)22-19/h6-9,12,22-23H,10-11H2,1-5H3,(H,21,25). The topological polar surface area (TPSA) is 108 Å². The Labute approximate surface area is 166 Å². The number of aromatic amines is 1. The number of nitrogens with one attached hydrogen (secondary N) is 3. The SMILES string of the molecule is CC(=O)c1c(C)[nH]c(C(=O)NCc2ccc(CS(=O)(=O)NC(C)C)cc2)c1C. The Bertz CT molecular complexity index is 974. The van der Waals surface area contributed by atoms with Crippen LogP contribution in [0.5, 0.6) is 0 Å². The summed E-state index contributed by atoms with van der Waals surface area (Å²) in [6, 6.07) is 6.89. The normalized spacial score (nSPS) is 11.6. The van der Waals surface area contributed by atoms with Crippen molar-refractivity contribution in [2.75, 3.05) is 0 Å². The van der Waals surface area contributed by atoms with Gasteiger partial charge >= 0.3 is 0 Å². The average molecular weight is 406 g/mol. The zero-order chi connectivity index (χ0) is 21.1. The molecule has 2 aromatic rings. The zero-order valence-electron chi connectivity index (χ0n) is 16.8. The van der Waals surface area contributed by atoms with Crippen LogP contribution in [-0.4, -0.2) is 31.1 Å². The van der Waals surface area contributed by atoms with Crippen molar-refractivity contribution < 1.29 is 18.0 Å². The van der Waals surface area contributed by atoms with Crippen molar-refractivity contribution in [2.45, 2.75) is 53.0 Å². The monoisotopic (exact) mass is 405 g/mol. The molecule has 0 fully saturated rings. The average Bonchev–Trinajstić information content (AvgIpc) is 2.87. The summed E-state index contributed by atoms with van der Waals surface area (Å²) in [5, 5.41) is 2.82. The van der Waals surface area contributed by atoms with Gasteiger partial charge in [-0.15, -0.1) is 0 Å². The van der Waals surface area contributed by atoms with Crippen LogP contribution in [0.15, 0.2) is 24.3 Å². The van der Waals surface area contributed by atoms with Crippen LogP contribution >= 0.6 is 0 Å². The summed E-state index contributed by atoms with van der Waals surface area (Å²) in [6.45, 7) is 8.83. The fourth-order valence-electron chi connectivity index (χ4n) is 3.15. The summed E-state index contributed by atoms with van der Waals surface area (Å²) >= 11 is 0. The molecule has 0 saturated heterocycles. The van der Waals surface area contributed by atoms with E-state index in [0.717, 1.165) is 5.56 Å². The van der Waals surface area contributed by atoms with Crippen LogP contribution in [0.25, 0.3) is 0 Å². The second kappa shape index (κ2) is 8.70. The molecule has 152 valence electrons. The lowest BCUT2D eigenvalue weighted by atomic mass is 10.1. The molecule has 1 amide bonds. The highest BCUT2D eigenvalue weighted by Crippen LogP contribution is 2.18. The van der Waals surface area contributed by atoms with Crippen LogP contribution in [0, 0.1) is 13.8 Å². The molecule has 0 aliphatic carbocycles. The molecule has 0 aliphatic heterocycles. The van der Waals surface area contributed by atoms with E-state index < -0.39 is 10.0 Å². The maximum atomic E-state index is 12.4. The van der Waals surface area contributed by atoms with E-state index in [-0.39, 0.29) is 23.5 Å². The molecule has 0 atom stereocenters. The molecule has 0 radical (unpaired) electrons. The molecule has 1 aromatic carbocycles. The first-order valence-corrected chi connectivity index (χ1v) is 10.7. The predicted molar refractivity (Wildman–Crippen MR) is 109 cm³/mol. The van der Waals surface area contributed by atoms with Crippen LogP contribution < -0.4 is 10.0 Å². The lowest BCUT2D eigenvalue weighted by Crippen LogP contribution is -2.31. The van der Waals surface area contributed by atoms with Crippen molar-refractivity contribution in [2.24, 2.45) is 0 Å². The number of H-pyrrole nitrogens is 1. The minimum Gasteiger partial charge on any atom is -0.354 e. The summed E-state index contributed by atoms with van der Waals surface area (Å²) in [7, 11) is -3.37. The van der Waals surface area contributed by atoms with Crippen molar-refractivity contribution in [3.63, 3.8) is 0 Å². The molecule has 28 heavy (non-hydrogen) atoms. The highest BCUT2D eigenvalue weighted by Gasteiger charge is 2.19. The summed E-state index contributed by atoms with van der Waals surface area (Å²) in [6.07, 6.45) is 0. The van der Waals surface area contributed by atoms with E-state index in [9.17, 15) is 18.0 Å². The van der Waals surface area contributed by atoms with E-state index in [0.29, 0.717) is 34.6 Å². The van der Waals surface area contributed by atoms with Gasteiger partial charge < -0.3 is 10.3 Å².